The molecule has 1 aliphatic rings. The SMILES string of the molecule is CCc1nc(Cc2ccccc2F)sc1C1CCNCC1. The first-order chi connectivity index (χ1) is 10.3. The molecule has 1 N–H and O–H groups in total. The second-order valence-corrected chi connectivity index (χ2v) is 6.68. The normalized spacial score (nSPS) is 16.3. The molecular weight excluding hydrogens is 283 g/mol. The molecule has 2 heterocycles. The summed E-state index contributed by atoms with van der Waals surface area (Å²) in [6.07, 6.45) is 3.95. The van der Waals surface area contributed by atoms with Gasteiger partial charge in [0.1, 0.15) is 5.82 Å². The molecule has 2 nitrogen and oxygen atoms in total. The van der Waals surface area contributed by atoms with Crippen LogP contribution in [0.3, 0.4) is 0 Å². The summed E-state index contributed by atoms with van der Waals surface area (Å²) in [5, 5.41) is 4.46. The van der Waals surface area contributed by atoms with Crippen molar-refractivity contribution in [2.75, 3.05) is 13.1 Å². The average molecular weight is 304 g/mol. The molecule has 4 heteroatoms. The van der Waals surface area contributed by atoms with Gasteiger partial charge in [-0.05, 0) is 49.9 Å². The summed E-state index contributed by atoms with van der Waals surface area (Å²) in [7, 11) is 0. The zero-order valence-electron chi connectivity index (χ0n) is 12.4. The molecule has 0 bridgehead atoms. The van der Waals surface area contributed by atoms with Gasteiger partial charge in [-0.1, -0.05) is 25.1 Å². The Balaban J connectivity index is 1.83. The fraction of sp³-hybridized carbons (Fsp3) is 0.471. The maximum Gasteiger partial charge on any atom is 0.126 e. The quantitative estimate of drug-likeness (QED) is 0.926. The van der Waals surface area contributed by atoms with Gasteiger partial charge in [0.2, 0.25) is 0 Å². The molecule has 3 rings (SSSR count). The smallest absolute Gasteiger partial charge is 0.126 e. The van der Waals surface area contributed by atoms with Gasteiger partial charge in [-0.2, -0.15) is 0 Å². The minimum absolute atomic E-state index is 0.130. The van der Waals surface area contributed by atoms with E-state index >= 15 is 0 Å². The van der Waals surface area contributed by atoms with Gasteiger partial charge in [-0.15, -0.1) is 11.3 Å². The second-order valence-electron chi connectivity index (χ2n) is 5.56. The molecule has 1 aromatic carbocycles. The van der Waals surface area contributed by atoms with Crippen LogP contribution in [0.25, 0.3) is 0 Å². The van der Waals surface area contributed by atoms with Crippen molar-refractivity contribution in [3.8, 4) is 0 Å². The summed E-state index contributed by atoms with van der Waals surface area (Å²) in [5.41, 5.74) is 1.96. The Morgan fingerprint density at radius 3 is 2.76 bits per heavy atom. The lowest BCUT2D eigenvalue weighted by atomic mass is 9.95. The zero-order valence-corrected chi connectivity index (χ0v) is 13.2. The van der Waals surface area contributed by atoms with Gasteiger partial charge in [0, 0.05) is 11.3 Å². The number of aromatic nitrogens is 1. The van der Waals surface area contributed by atoms with Gasteiger partial charge in [0.25, 0.3) is 0 Å². The highest BCUT2D eigenvalue weighted by Crippen LogP contribution is 2.34. The molecule has 0 saturated carbocycles. The number of nitrogens with one attached hydrogen (secondary N) is 1. The fourth-order valence-corrected chi connectivity index (χ4v) is 4.30. The van der Waals surface area contributed by atoms with E-state index in [2.05, 4.69) is 12.2 Å². The molecule has 0 amide bonds. The van der Waals surface area contributed by atoms with E-state index in [1.807, 2.05) is 12.1 Å². The monoisotopic (exact) mass is 304 g/mol. The summed E-state index contributed by atoms with van der Waals surface area (Å²) in [5.74, 6) is 0.502. The molecule has 2 aromatic rings. The van der Waals surface area contributed by atoms with Gasteiger partial charge >= 0.3 is 0 Å². The lowest BCUT2D eigenvalue weighted by Crippen LogP contribution is -2.26. The van der Waals surface area contributed by atoms with Crippen LogP contribution in [0.1, 0.15) is 46.8 Å². The van der Waals surface area contributed by atoms with E-state index in [0.717, 1.165) is 30.1 Å². The van der Waals surface area contributed by atoms with Crippen molar-refractivity contribution in [2.45, 2.75) is 38.5 Å². The van der Waals surface area contributed by atoms with Crippen molar-refractivity contribution >= 4 is 11.3 Å². The molecule has 0 unspecified atom stereocenters. The van der Waals surface area contributed by atoms with E-state index in [4.69, 9.17) is 4.98 Å². The third-order valence-corrected chi connectivity index (χ3v) is 5.38. The first-order valence-corrected chi connectivity index (χ1v) is 8.52. The minimum atomic E-state index is -0.130. The van der Waals surface area contributed by atoms with Crippen LogP contribution in [-0.2, 0) is 12.8 Å². The summed E-state index contributed by atoms with van der Waals surface area (Å²) in [6.45, 7) is 4.34. The topological polar surface area (TPSA) is 24.9 Å². The van der Waals surface area contributed by atoms with E-state index < -0.39 is 0 Å². The van der Waals surface area contributed by atoms with Crippen LogP contribution in [0.4, 0.5) is 4.39 Å². The third-order valence-electron chi connectivity index (χ3n) is 4.12. The van der Waals surface area contributed by atoms with Crippen molar-refractivity contribution in [1.29, 1.82) is 0 Å². The Labute approximate surface area is 129 Å². The largest absolute Gasteiger partial charge is 0.317 e. The fourth-order valence-electron chi connectivity index (χ4n) is 2.95. The molecule has 0 atom stereocenters. The third kappa shape index (κ3) is 3.33. The molecule has 21 heavy (non-hydrogen) atoms. The maximum absolute atomic E-state index is 13.8. The van der Waals surface area contributed by atoms with Gasteiger partial charge in [0.15, 0.2) is 0 Å². The Morgan fingerprint density at radius 1 is 1.29 bits per heavy atom. The molecule has 0 radical (unpaired) electrons. The van der Waals surface area contributed by atoms with Crippen LogP contribution < -0.4 is 5.32 Å². The molecule has 0 spiro atoms. The number of hydrogen-bond donors (Lipinski definition) is 1. The number of hydrogen-bond acceptors (Lipinski definition) is 3. The number of aryl methyl sites for hydroxylation is 1. The molecule has 0 aliphatic carbocycles. The number of rotatable bonds is 4. The number of benzene rings is 1. The molecule has 112 valence electrons. The minimum Gasteiger partial charge on any atom is -0.317 e. The van der Waals surface area contributed by atoms with Gasteiger partial charge in [-0.25, -0.2) is 9.37 Å². The Kier molecular flexibility index (Phi) is 4.66. The van der Waals surface area contributed by atoms with Crippen molar-refractivity contribution in [1.82, 2.24) is 10.3 Å². The second kappa shape index (κ2) is 6.67. The van der Waals surface area contributed by atoms with Gasteiger partial charge in [-0.3, -0.25) is 0 Å². The molecule has 1 fully saturated rings. The molecule has 1 aromatic heterocycles. The predicted octanol–water partition coefficient (Wildman–Crippen LogP) is 3.90. The first kappa shape index (κ1) is 14.7. The Bertz CT molecular complexity index is 603. The maximum atomic E-state index is 13.8. The zero-order chi connectivity index (χ0) is 14.7. The van der Waals surface area contributed by atoms with Crippen LogP contribution in [0.5, 0.6) is 0 Å². The van der Waals surface area contributed by atoms with Crippen molar-refractivity contribution in [3.63, 3.8) is 0 Å². The van der Waals surface area contributed by atoms with E-state index in [1.165, 1.54) is 29.5 Å². The highest BCUT2D eigenvalue weighted by atomic mass is 32.1. The lowest BCUT2D eigenvalue weighted by Gasteiger charge is -2.22. The van der Waals surface area contributed by atoms with Crippen molar-refractivity contribution in [3.05, 3.63) is 51.2 Å². The van der Waals surface area contributed by atoms with Crippen LogP contribution >= 0.6 is 11.3 Å². The van der Waals surface area contributed by atoms with Crippen LogP contribution in [0.2, 0.25) is 0 Å². The summed E-state index contributed by atoms with van der Waals surface area (Å²) < 4.78 is 13.8. The van der Waals surface area contributed by atoms with Crippen LogP contribution in [0, 0.1) is 5.82 Å². The number of halogens is 1. The summed E-state index contributed by atoms with van der Waals surface area (Å²) >= 11 is 1.79. The van der Waals surface area contributed by atoms with E-state index in [9.17, 15) is 4.39 Å². The highest BCUT2D eigenvalue weighted by Gasteiger charge is 2.21. The van der Waals surface area contributed by atoms with Gasteiger partial charge < -0.3 is 5.32 Å². The molecular formula is C17H21FN2S. The lowest BCUT2D eigenvalue weighted by molar-refractivity contribution is 0.463. The summed E-state index contributed by atoms with van der Waals surface area (Å²) in [4.78, 5) is 6.21. The average Bonchev–Trinajstić information content (AvgIpc) is 2.93. The summed E-state index contributed by atoms with van der Waals surface area (Å²) in [6, 6.07) is 7.00. The standard InChI is InChI=1S/C17H21FN2S/c1-2-15-17(12-7-9-19-10-8-12)21-16(20-15)11-13-5-3-4-6-14(13)18/h3-6,12,19H,2,7-11H2,1H3. The van der Waals surface area contributed by atoms with Crippen LogP contribution in [-0.4, -0.2) is 18.1 Å². The van der Waals surface area contributed by atoms with E-state index in [1.54, 1.807) is 17.4 Å². The Hall–Kier alpha value is -1.26. The van der Waals surface area contributed by atoms with Crippen LogP contribution in [0.15, 0.2) is 24.3 Å². The number of nitrogens with zero attached hydrogens (tertiary/aromatic N) is 1. The Morgan fingerprint density at radius 2 is 2.05 bits per heavy atom. The predicted molar refractivity (Wildman–Crippen MR) is 85.5 cm³/mol. The number of piperidine rings is 1. The van der Waals surface area contributed by atoms with Gasteiger partial charge in [0.05, 0.1) is 10.7 Å². The number of thiazole rings is 1. The molecule has 1 saturated heterocycles. The van der Waals surface area contributed by atoms with Crippen molar-refractivity contribution in [2.24, 2.45) is 0 Å². The highest BCUT2D eigenvalue weighted by molar-refractivity contribution is 7.11. The van der Waals surface area contributed by atoms with Crippen molar-refractivity contribution < 1.29 is 4.39 Å². The van der Waals surface area contributed by atoms with E-state index in [0.29, 0.717) is 12.3 Å². The first-order valence-electron chi connectivity index (χ1n) is 7.70. The van der Waals surface area contributed by atoms with E-state index in [-0.39, 0.29) is 5.82 Å². The molecule has 1 aliphatic heterocycles.